The predicted molar refractivity (Wildman–Crippen MR) is 81.5 cm³/mol. The Kier molecular flexibility index (Phi) is 4.74. The van der Waals surface area contributed by atoms with Crippen molar-refractivity contribution < 1.29 is 0 Å². The molecule has 1 atom stereocenters. The van der Waals surface area contributed by atoms with Crippen LogP contribution in [0.15, 0.2) is 51.5 Å². The fourth-order valence-corrected chi connectivity index (χ4v) is 2.70. The quantitative estimate of drug-likeness (QED) is 0.862. The van der Waals surface area contributed by atoms with E-state index in [0.29, 0.717) is 6.54 Å². The molecule has 1 unspecified atom stereocenters. The van der Waals surface area contributed by atoms with E-state index >= 15 is 0 Å². The lowest BCUT2D eigenvalue weighted by Crippen LogP contribution is -2.21. The standard InChI is InChI=1S/C13H13Br2N3/c14-10-6-11(15)13(17-7-10)18-8-12(16)9-4-2-1-3-5-9/h1-7,12H,8,16H2,(H,17,18). The van der Waals surface area contributed by atoms with Crippen molar-refractivity contribution in [1.29, 1.82) is 0 Å². The van der Waals surface area contributed by atoms with Gasteiger partial charge in [0.05, 0.1) is 4.47 Å². The zero-order valence-corrected chi connectivity index (χ0v) is 12.8. The van der Waals surface area contributed by atoms with Gasteiger partial charge in [-0.3, -0.25) is 0 Å². The van der Waals surface area contributed by atoms with Gasteiger partial charge < -0.3 is 11.1 Å². The van der Waals surface area contributed by atoms with E-state index < -0.39 is 0 Å². The summed E-state index contributed by atoms with van der Waals surface area (Å²) in [6, 6.07) is 11.9. The largest absolute Gasteiger partial charge is 0.367 e. The third kappa shape index (κ3) is 3.54. The maximum atomic E-state index is 6.11. The van der Waals surface area contributed by atoms with Crippen LogP contribution in [0.2, 0.25) is 0 Å². The van der Waals surface area contributed by atoms with E-state index in [2.05, 4.69) is 42.2 Å². The highest BCUT2D eigenvalue weighted by molar-refractivity contribution is 9.11. The second-order valence-corrected chi connectivity index (χ2v) is 5.65. The van der Waals surface area contributed by atoms with E-state index in [4.69, 9.17) is 5.73 Å². The number of nitrogens with zero attached hydrogens (tertiary/aromatic N) is 1. The Bertz CT molecular complexity index is 517. The Hall–Kier alpha value is -0.910. The van der Waals surface area contributed by atoms with Crippen molar-refractivity contribution in [3.05, 3.63) is 57.1 Å². The molecule has 0 spiro atoms. The lowest BCUT2D eigenvalue weighted by atomic mass is 10.1. The average Bonchev–Trinajstić information content (AvgIpc) is 2.38. The van der Waals surface area contributed by atoms with E-state index in [-0.39, 0.29) is 6.04 Å². The maximum absolute atomic E-state index is 6.11. The molecule has 5 heteroatoms. The topological polar surface area (TPSA) is 50.9 Å². The fraction of sp³-hybridized carbons (Fsp3) is 0.154. The number of pyridine rings is 1. The Balaban J connectivity index is 1.99. The minimum Gasteiger partial charge on any atom is -0.367 e. The van der Waals surface area contributed by atoms with Gasteiger partial charge in [-0.05, 0) is 43.5 Å². The normalized spacial score (nSPS) is 12.2. The van der Waals surface area contributed by atoms with Gasteiger partial charge in [0.1, 0.15) is 5.82 Å². The highest BCUT2D eigenvalue weighted by Crippen LogP contribution is 2.23. The monoisotopic (exact) mass is 369 g/mol. The van der Waals surface area contributed by atoms with Gasteiger partial charge in [0.2, 0.25) is 0 Å². The Morgan fingerprint density at radius 3 is 2.61 bits per heavy atom. The van der Waals surface area contributed by atoms with Crippen molar-refractivity contribution >= 4 is 37.7 Å². The van der Waals surface area contributed by atoms with Crippen LogP contribution in [0.5, 0.6) is 0 Å². The van der Waals surface area contributed by atoms with Crippen LogP contribution in [0.1, 0.15) is 11.6 Å². The maximum Gasteiger partial charge on any atom is 0.140 e. The SMILES string of the molecule is NC(CNc1ncc(Br)cc1Br)c1ccccc1. The Morgan fingerprint density at radius 1 is 1.22 bits per heavy atom. The van der Waals surface area contributed by atoms with Gasteiger partial charge >= 0.3 is 0 Å². The lowest BCUT2D eigenvalue weighted by Gasteiger charge is -2.14. The minimum atomic E-state index is -0.0523. The van der Waals surface area contributed by atoms with Crippen LogP contribution in [0, 0.1) is 0 Å². The van der Waals surface area contributed by atoms with Crippen molar-refractivity contribution in [3.8, 4) is 0 Å². The van der Waals surface area contributed by atoms with Crippen molar-refractivity contribution in [2.24, 2.45) is 5.73 Å². The van der Waals surface area contributed by atoms with E-state index in [1.165, 1.54) is 0 Å². The summed E-state index contributed by atoms with van der Waals surface area (Å²) in [5, 5.41) is 3.23. The molecule has 3 nitrogen and oxygen atoms in total. The first kappa shape index (κ1) is 13.5. The Morgan fingerprint density at radius 2 is 1.94 bits per heavy atom. The van der Waals surface area contributed by atoms with Gasteiger partial charge in [-0.1, -0.05) is 30.3 Å². The number of hydrogen-bond donors (Lipinski definition) is 2. The second-order valence-electron chi connectivity index (χ2n) is 3.88. The summed E-state index contributed by atoms with van der Waals surface area (Å²) in [7, 11) is 0. The summed E-state index contributed by atoms with van der Waals surface area (Å²) in [6.45, 7) is 0.636. The third-order valence-electron chi connectivity index (χ3n) is 2.52. The van der Waals surface area contributed by atoms with Crippen molar-refractivity contribution in [3.63, 3.8) is 0 Å². The molecule has 18 heavy (non-hydrogen) atoms. The molecule has 2 rings (SSSR count). The van der Waals surface area contributed by atoms with Crippen LogP contribution in [-0.4, -0.2) is 11.5 Å². The van der Waals surface area contributed by atoms with Crippen molar-refractivity contribution in [1.82, 2.24) is 4.98 Å². The molecule has 1 aromatic carbocycles. The molecule has 0 fully saturated rings. The summed E-state index contributed by atoms with van der Waals surface area (Å²) >= 11 is 6.83. The van der Waals surface area contributed by atoms with Crippen LogP contribution in [0.25, 0.3) is 0 Å². The number of aromatic nitrogens is 1. The summed E-state index contributed by atoms with van der Waals surface area (Å²) in [6.07, 6.45) is 1.75. The molecular formula is C13H13Br2N3. The molecule has 0 aliphatic heterocycles. The van der Waals surface area contributed by atoms with Gasteiger partial charge in [-0.15, -0.1) is 0 Å². The number of anilines is 1. The van der Waals surface area contributed by atoms with Gasteiger partial charge in [0, 0.05) is 23.3 Å². The zero-order chi connectivity index (χ0) is 13.0. The van der Waals surface area contributed by atoms with Gasteiger partial charge in [0.15, 0.2) is 0 Å². The van der Waals surface area contributed by atoms with Gasteiger partial charge in [-0.2, -0.15) is 0 Å². The van der Waals surface area contributed by atoms with E-state index in [1.807, 2.05) is 36.4 Å². The van der Waals surface area contributed by atoms with Gasteiger partial charge in [-0.25, -0.2) is 4.98 Å². The molecule has 2 aromatic rings. The molecule has 0 aliphatic rings. The van der Waals surface area contributed by atoms with Crippen LogP contribution < -0.4 is 11.1 Å². The molecule has 0 saturated heterocycles. The minimum absolute atomic E-state index is 0.0523. The summed E-state index contributed by atoms with van der Waals surface area (Å²) in [5.41, 5.74) is 7.22. The van der Waals surface area contributed by atoms with E-state index in [0.717, 1.165) is 20.3 Å². The summed E-state index contributed by atoms with van der Waals surface area (Å²) < 4.78 is 1.85. The predicted octanol–water partition coefficient (Wildman–Crippen LogP) is 3.72. The number of benzene rings is 1. The molecular weight excluding hydrogens is 358 g/mol. The van der Waals surface area contributed by atoms with Crippen LogP contribution in [0.4, 0.5) is 5.82 Å². The molecule has 0 aliphatic carbocycles. The molecule has 3 N–H and O–H groups in total. The van der Waals surface area contributed by atoms with E-state index in [1.54, 1.807) is 6.20 Å². The van der Waals surface area contributed by atoms with Gasteiger partial charge in [0.25, 0.3) is 0 Å². The molecule has 0 amide bonds. The first-order chi connectivity index (χ1) is 8.66. The first-order valence-corrected chi connectivity index (χ1v) is 7.11. The van der Waals surface area contributed by atoms with Crippen molar-refractivity contribution in [2.45, 2.75) is 6.04 Å². The summed E-state index contributed by atoms with van der Waals surface area (Å²) in [5.74, 6) is 0.796. The molecule has 1 heterocycles. The van der Waals surface area contributed by atoms with Crippen molar-refractivity contribution in [2.75, 3.05) is 11.9 Å². The van der Waals surface area contributed by atoms with Crippen LogP contribution in [-0.2, 0) is 0 Å². The molecule has 0 saturated carbocycles. The zero-order valence-electron chi connectivity index (χ0n) is 9.61. The number of hydrogen-bond acceptors (Lipinski definition) is 3. The summed E-state index contributed by atoms with van der Waals surface area (Å²) in [4.78, 5) is 4.28. The number of nitrogens with two attached hydrogens (primary N) is 1. The van der Waals surface area contributed by atoms with E-state index in [9.17, 15) is 0 Å². The third-order valence-corrected chi connectivity index (χ3v) is 3.56. The number of rotatable bonds is 4. The number of halogens is 2. The lowest BCUT2D eigenvalue weighted by molar-refractivity contribution is 0.761. The highest BCUT2D eigenvalue weighted by atomic mass is 79.9. The second kappa shape index (κ2) is 6.31. The molecule has 0 bridgehead atoms. The first-order valence-electron chi connectivity index (χ1n) is 5.52. The molecule has 1 aromatic heterocycles. The highest BCUT2D eigenvalue weighted by Gasteiger charge is 2.07. The molecule has 0 radical (unpaired) electrons. The smallest absolute Gasteiger partial charge is 0.140 e. The molecule has 94 valence electrons. The Labute approximate surface area is 123 Å². The fourth-order valence-electron chi connectivity index (χ4n) is 1.57. The average molecular weight is 371 g/mol. The number of nitrogens with one attached hydrogen (secondary N) is 1. The van der Waals surface area contributed by atoms with Crippen LogP contribution >= 0.6 is 31.9 Å². The van der Waals surface area contributed by atoms with Crippen LogP contribution in [0.3, 0.4) is 0 Å².